The Balaban J connectivity index is 1.57. The summed E-state index contributed by atoms with van der Waals surface area (Å²) in [4.78, 5) is 15.5. The van der Waals surface area contributed by atoms with Crippen LogP contribution in [-0.4, -0.2) is 55.5 Å². The molecule has 0 radical (unpaired) electrons. The van der Waals surface area contributed by atoms with Gasteiger partial charge in [0.25, 0.3) is 0 Å². The number of piperazine rings is 1. The van der Waals surface area contributed by atoms with E-state index in [1.165, 1.54) is 27.7 Å². The average Bonchev–Trinajstić information content (AvgIpc) is 2.67. The van der Waals surface area contributed by atoms with Gasteiger partial charge in [-0.05, 0) is 37.6 Å². The van der Waals surface area contributed by atoms with Crippen molar-refractivity contribution in [2.45, 2.75) is 23.6 Å². The SMILES string of the molecule is Cc1ccc(SCC(=O)N2CCN(S(=O)(=O)c3ccccc3Cl)CC2)c(C)c1. The first kappa shape index (κ1) is 21.2. The molecular weight excluding hydrogens is 416 g/mol. The van der Waals surface area contributed by atoms with Crippen molar-refractivity contribution in [3.8, 4) is 0 Å². The van der Waals surface area contributed by atoms with Gasteiger partial charge in [0, 0.05) is 31.1 Å². The van der Waals surface area contributed by atoms with Crippen LogP contribution in [0.3, 0.4) is 0 Å². The van der Waals surface area contributed by atoms with Gasteiger partial charge >= 0.3 is 0 Å². The van der Waals surface area contributed by atoms with Gasteiger partial charge in [-0.25, -0.2) is 8.42 Å². The number of rotatable bonds is 5. The highest BCUT2D eigenvalue weighted by Crippen LogP contribution is 2.26. The summed E-state index contributed by atoms with van der Waals surface area (Å²) in [5.41, 5.74) is 2.36. The molecule has 1 amide bonds. The Morgan fingerprint density at radius 2 is 1.75 bits per heavy atom. The van der Waals surface area contributed by atoms with E-state index in [1.807, 2.05) is 26.0 Å². The molecule has 2 aromatic rings. The highest BCUT2D eigenvalue weighted by atomic mass is 35.5. The van der Waals surface area contributed by atoms with Gasteiger partial charge in [0.15, 0.2) is 0 Å². The normalized spacial score (nSPS) is 15.6. The molecule has 0 bridgehead atoms. The second-order valence-electron chi connectivity index (χ2n) is 6.77. The van der Waals surface area contributed by atoms with Crippen LogP contribution < -0.4 is 0 Å². The highest BCUT2D eigenvalue weighted by Gasteiger charge is 2.31. The lowest BCUT2D eigenvalue weighted by Crippen LogP contribution is -2.51. The monoisotopic (exact) mass is 438 g/mol. The Bertz CT molecular complexity index is 971. The van der Waals surface area contributed by atoms with Crippen molar-refractivity contribution in [2.24, 2.45) is 0 Å². The van der Waals surface area contributed by atoms with E-state index >= 15 is 0 Å². The molecule has 1 aliphatic heterocycles. The third-order valence-electron chi connectivity index (χ3n) is 4.73. The fourth-order valence-electron chi connectivity index (χ4n) is 3.16. The minimum Gasteiger partial charge on any atom is -0.339 e. The molecule has 1 heterocycles. The molecule has 0 aromatic heterocycles. The molecule has 150 valence electrons. The van der Waals surface area contributed by atoms with Gasteiger partial charge in [-0.15, -0.1) is 11.8 Å². The van der Waals surface area contributed by atoms with Crippen LogP contribution in [0, 0.1) is 13.8 Å². The smallest absolute Gasteiger partial charge is 0.244 e. The Hall–Kier alpha value is -1.54. The van der Waals surface area contributed by atoms with Gasteiger partial charge in [0.2, 0.25) is 15.9 Å². The van der Waals surface area contributed by atoms with Crippen LogP contribution in [0.4, 0.5) is 0 Å². The van der Waals surface area contributed by atoms with E-state index in [2.05, 4.69) is 6.07 Å². The van der Waals surface area contributed by atoms with Crippen LogP contribution in [0.25, 0.3) is 0 Å². The second kappa shape index (κ2) is 8.86. The molecule has 8 heteroatoms. The minimum absolute atomic E-state index is 0.0276. The maximum atomic E-state index is 12.8. The minimum atomic E-state index is -3.65. The first-order valence-corrected chi connectivity index (χ1v) is 11.8. The topological polar surface area (TPSA) is 57.7 Å². The zero-order valence-corrected chi connectivity index (χ0v) is 18.3. The third-order valence-corrected chi connectivity index (χ3v) is 8.29. The molecular formula is C20H23ClN2O3S2. The molecule has 28 heavy (non-hydrogen) atoms. The zero-order valence-electron chi connectivity index (χ0n) is 15.9. The number of aryl methyl sites for hydroxylation is 2. The van der Waals surface area contributed by atoms with Crippen LogP contribution in [0.1, 0.15) is 11.1 Å². The number of thioether (sulfide) groups is 1. The predicted octanol–water partition coefficient (Wildman–Crippen LogP) is 3.58. The van der Waals surface area contributed by atoms with Crippen molar-refractivity contribution in [1.82, 2.24) is 9.21 Å². The summed E-state index contributed by atoms with van der Waals surface area (Å²) in [6, 6.07) is 12.6. The van der Waals surface area contributed by atoms with E-state index in [0.717, 1.165) is 10.5 Å². The van der Waals surface area contributed by atoms with Gasteiger partial charge in [0.1, 0.15) is 4.90 Å². The van der Waals surface area contributed by atoms with E-state index in [1.54, 1.807) is 23.1 Å². The molecule has 3 rings (SSSR count). The van der Waals surface area contributed by atoms with E-state index in [-0.39, 0.29) is 28.9 Å². The summed E-state index contributed by atoms with van der Waals surface area (Å²) in [5.74, 6) is 0.376. The Morgan fingerprint density at radius 1 is 1.07 bits per heavy atom. The lowest BCUT2D eigenvalue weighted by atomic mass is 10.2. The molecule has 1 aliphatic rings. The summed E-state index contributed by atoms with van der Waals surface area (Å²) in [5, 5.41) is 0.214. The number of carbonyl (C=O) groups excluding carboxylic acids is 1. The van der Waals surface area contributed by atoms with Crippen LogP contribution in [-0.2, 0) is 14.8 Å². The van der Waals surface area contributed by atoms with Crippen molar-refractivity contribution < 1.29 is 13.2 Å². The Morgan fingerprint density at radius 3 is 2.39 bits per heavy atom. The van der Waals surface area contributed by atoms with E-state index in [4.69, 9.17) is 11.6 Å². The standard InChI is InChI=1S/C20H23ClN2O3S2/c1-15-7-8-18(16(2)13-15)27-14-20(24)22-9-11-23(12-10-22)28(25,26)19-6-4-3-5-17(19)21/h3-8,13H,9-12,14H2,1-2H3. The number of hydrogen-bond acceptors (Lipinski definition) is 4. The van der Waals surface area contributed by atoms with Gasteiger partial charge in [-0.1, -0.05) is 41.4 Å². The van der Waals surface area contributed by atoms with Crippen molar-refractivity contribution in [1.29, 1.82) is 0 Å². The predicted molar refractivity (Wildman–Crippen MR) is 113 cm³/mol. The fourth-order valence-corrected chi connectivity index (χ4v) is 5.99. The lowest BCUT2D eigenvalue weighted by Gasteiger charge is -2.34. The molecule has 0 aliphatic carbocycles. The number of halogens is 1. The van der Waals surface area contributed by atoms with Gasteiger partial charge in [-0.2, -0.15) is 4.31 Å². The largest absolute Gasteiger partial charge is 0.339 e. The summed E-state index contributed by atoms with van der Waals surface area (Å²) >= 11 is 7.58. The molecule has 0 unspecified atom stereocenters. The van der Waals surface area contributed by atoms with Crippen LogP contribution in [0.2, 0.25) is 5.02 Å². The fraction of sp³-hybridized carbons (Fsp3) is 0.350. The second-order valence-corrected chi connectivity index (χ2v) is 10.1. The number of carbonyl (C=O) groups is 1. The van der Waals surface area contributed by atoms with Gasteiger partial charge in [0.05, 0.1) is 10.8 Å². The summed E-state index contributed by atoms with van der Waals surface area (Å²) in [7, 11) is -3.65. The van der Waals surface area contributed by atoms with Crippen molar-refractivity contribution in [3.63, 3.8) is 0 Å². The lowest BCUT2D eigenvalue weighted by molar-refractivity contribution is -0.129. The van der Waals surface area contributed by atoms with Crippen molar-refractivity contribution in [2.75, 3.05) is 31.9 Å². The highest BCUT2D eigenvalue weighted by molar-refractivity contribution is 8.00. The van der Waals surface area contributed by atoms with Gasteiger partial charge < -0.3 is 4.90 Å². The molecule has 1 fully saturated rings. The quantitative estimate of drug-likeness (QED) is 0.669. The maximum Gasteiger partial charge on any atom is 0.244 e. The van der Waals surface area contributed by atoms with E-state index < -0.39 is 10.0 Å². The molecule has 0 saturated carbocycles. The Kier molecular flexibility index (Phi) is 6.70. The summed E-state index contributed by atoms with van der Waals surface area (Å²) in [6.45, 7) is 5.40. The molecule has 0 spiro atoms. The summed E-state index contributed by atoms with van der Waals surface area (Å²) < 4.78 is 27.0. The van der Waals surface area contributed by atoms with Crippen molar-refractivity contribution >= 4 is 39.3 Å². The number of amides is 1. The molecule has 0 atom stereocenters. The van der Waals surface area contributed by atoms with E-state index in [9.17, 15) is 13.2 Å². The first-order valence-electron chi connectivity index (χ1n) is 9.01. The third kappa shape index (κ3) is 4.71. The number of sulfonamides is 1. The number of benzene rings is 2. The number of hydrogen-bond donors (Lipinski definition) is 0. The molecule has 2 aromatic carbocycles. The van der Waals surface area contributed by atoms with Crippen molar-refractivity contribution in [3.05, 3.63) is 58.6 Å². The van der Waals surface area contributed by atoms with E-state index in [0.29, 0.717) is 18.8 Å². The zero-order chi connectivity index (χ0) is 20.3. The maximum absolute atomic E-state index is 12.8. The van der Waals surface area contributed by atoms with Crippen LogP contribution in [0.15, 0.2) is 52.3 Å². The van der Waals surface area contributed by atoms with Crippen LogP contribution >= 0.6 is 23.4 Å². The number of nitrogens with zero attached hydrogens (tertiary/aromatic N) is 2. The molecule has 0 N–H and O–H groups in total. The van der Waals surface area contributed by atoms with Gasteiger partial charge in [-0.3, -0.25) is 4.79 Å². The Labute approximate surface area is 175 Å². The first-order chi connectivity index (χ1) is 13.3. The summed E-state index contributed by atoms with van der Waals surface area (Å²) in [6.07, 6.45) is 0. The molecule has 5 nitrogen and oxygen atoms in total. The van der Waals surface area contributed by atoms with Crippen LogP contribution in [0.5, 0.6) is 0 Å². The molecule has 1 saturated heterocycles. The average molecular weight is 439 g/mol.